The third kappa shape index (κ3) is 4.84. The first-order valence-electron chi connectivity index (χ1n) is 12.7. The van der Waals surface area contributed by atoms with Crippen molar-refractivity contribution in [3.8, 4) is 0 Å². The van der Waals surface area contributed by atoms with Crippen LogP contribution in [0, 0.1) is 0 Å². The summed E-state index contributed by atoms with van der Waals surface area (Å²) in [5.74, 6) is 9.26. The van der Waals surface area contributed by atoms with Crippen LogP contribution in [0.1, 0.15) is 19.8 Å². The number of amides is 1. The Balaban J connectivity index is 1.47. The first kappa shape index (κ1) is 26.1. The van der Waals surface area contributed by atoms with Gasteiger partial charge in [-0.15, -0.1) is 22.0 Å². The smallest absolute Gasteiger partial charge is 0.240 e. The second-order valence-electron chi connectivity index (χ2n) is 10.4. The lowest BCUT2D eigenvalue weighted by molar-refractivity contribution is -0.183. The summed E-state index contributed by atoms with van der Waals surface area (Å²) in [6.07, 6.45) is 1.81. The van der Waals surface area contributed by atoms with Gasteiger partial charge in [-0.2, -0.15) is 0 Å². The number of H-pyrrole nitrogens is 1. The van der Waals surface area contributed by atoms with E-state index in [0.29, 0.717) is 32.8 Å². The first-order valence-corrected chi connectivity index (χ1v) is 15.1. The fourth-order valence-corrected chi connectivity index (χ4v) is 7.73. The van der Waals surface area contributed by atoms with Gasteiger partial charge < -0.3 is 24.7 Å². The lowest BCUT2D eigenvalue weighted by Crippen LogP contribution is -2.65. The zero-order valence-corrected chi connectivity index (χ0v) is 23.1. The molecule has 1 atom stereocenters. The Morgan fingerprint density at radius 3 is 2.78 bits per heavy atom. The van der Waals surface area contributed by atoms with Crippen molar-refractivity contribution in [2.24, 2.45) is 0 Å². The number of hydrogen-bond donors (Lipinski definition) is 3. The van der Waals surface area contributed by atoms with Crippen molar-refractivity contribution in [2.75, 3.05) is 66.1 Å². The van der Waals surface area contributed by atoms with E-state index in [2.05, 4.69) is 57.0 Å². The normalized spacial score (nSPS) is 24.8. The number of nitrogens with zero attached hydrogens (tertiary/aromatic N) is 3. The SMILES string of the molecule is C=S(=C)(c1cc2cc(S)ccc2[nH]1)N1CC(=O)N2CC3(CCNCC3)OC2(CN(C)CCOCC)C1. The molecule has 0 saturated carbocycles. The van der Waals surface area contributed by atoms with Gasteiger partial charge in [-0.3, -0.25) is 9.69 Å². The van der Waals surface area contributed by atoms with Gasteiger partial charge in [0.2, 0.25) is 5.91 Å². The Morgan fingerprint density at radius 2 is 2.03 bits per heavy atom. The van der Waals surface area contributed by atoms with Crippen LogP contribution in [0.25, 0.3) is 10.9 Å². The Morgan fingerprint density at radius 1 is 1.25 bits per heavy atom. The Kier molecular flexibility index (Phi) is 7.23. The van der Waals surface area contributed by atoms with Crippen LogP contribution in [0.15, 0.2) is 34.2 Å². The summed E-state index contributed by atoms with van der Waals surface area (Å²) in [7, 11) is 0.101. The molecule has 1 amide bonds. The number of carbonyl (C=O) groups is 1. The fourth-order valence-electron chi connectivity index (χ4n) is 5.78. The molecule has 2 aromatic rings. The minimum atomic E-state index is -1.98. The molecule has 4 heterocycles. The maximum Gasteiger partial charge on any atom is 0.240 e. The molecular formula is C26H39N5O3S2. The number of rotatable bonds is 8. The summed E-state index contributed by atoms with van der Waals surface area (Å²) in [5, 5.41) is 5.46. The minimum Gasteiger partial charge on any atom is -0.380 e. The van der Waals surface area contributed by atoms with E-state index in [4.69, 9.17) is 9.47 Å². The molecule has 3 aliphatic rings. The van der Waals surface area contributed by atoms with E-state index >= 15 is 0 Å². The van der Waals surface area contributed by atoms with E-state index in [-0.39, 0.29) is 18.1 Å². The van der Waals surface area contributed by atoms with E-state index in [1.54, 1.807) is 0 Å². The molecule has 3 aliphatic heterocycles. The summed E-state index contributed by atoms with van der Waals surface area (Å²) in [6.45, 7) is 8.06. The molecular weight excluding hydrogens is 494 g/mol. The van der Waals surface area contributed by atoms with Gasteiger partial charge in [-0.25, -0.2) is 4.31 Å². The average Bonchev–Trinajstić information content (AvgIpc) is 3.39. The van der Waals surface area contributed by atoms with E-state index in [9.17, 15) is 4.79 Å². The van der Waals surface area contributed by atoms with Gasteiger partial charge in [0, 0.05) is 35.5 Å². The number of fused-ring (bicyclic) bond motifs is 2. The molecule has 0 radical (unpaired) electrons. The topological polar surface area (TPSA) is 73.1 Å². The molecule has 1 aromatic heterocycles. The number of nitrogens with one attached hydrogen (secondary N) is 2. The van der Waals surface area contributed by atoms with Crippen LogP contribution in [0.2, 0.25) is 0 Å². The number of thiol groups is 1. The Hall–Kier alpha value is -1.53. The molecule has 2 N–H and O–H groups in total. The second kappa shape index (κ2) is 9.98. The Labute approximate surface area is 220 Å². The van der Waals surface area contributed by atoms with Gasteiger partial charge in [0.25, 0.3) is 0 Å². The van der Waals surface area contributed by atoms with Gasteiger partial charge in [-0.05, 0) is 64.2 Å². The van der Waals surface area contributed by atoms with Gasteiger partial charge in [0.1, 0.15) is 0 Å². The predicted octanol–water partition coefficient (Wildman–Crippen LogP) is 2.36. The molecule has 0 bridgehead atoms. The van der Waals surface area contributed by atoms with Crippen LogP contribution in [-0.2, 0) is 14.3 Å². The van der Waals surface area contributed by atoms with Crippen LogP contribution in [0.4, 0.5) is 0 Å². The quantitative estimate of drug-likeness (QED) is 0.275. The third-order valence-electron chi connectivity index (χ3n) is 7.72. The molecule has 1 spiro atoms. The molecule has 0 aliphatic carbocycles. The maximum absolute atomic E-state index is 13.7. The van der Waals surface area contributed by atoms with Crippen molar-refractivity contribution in [3.05, 3.63) is 24.3 Å². The minimum absolute atomic E-state index is 0.0906. The molecule has 36 heavy (non-hydrogen) atoms. The number of aromatic amines is 1. The van der Waals surface area contributed by atoms with Gasteiger partial charge >= 0.3 is 0 Å². The molecule has 3 saturated heterocycles. The zero-order chi connectivity index (χ0) is 25.6. The lowest BCUT2D eigenvalue weighted by atomic mass is 9.92. The largest absolute Gasteiger partial charge is 0.380 e. The number of piperidine rings is 1. The predicted molar refractivity (Wildman–Crippen MR) is 152 cm³/mol. The molecule has 198 valence electrons. The van der Waals surface area contributed by atoms with E-state index in [1.165, 1.54) is 0 Å². The van der Waals surface area contributed by atoms with E-state index in [0.717, 1.165) is 53.3 Å². The van der Waals surface area contributed by atoms with Crippen LogP contribution >= 0.6 is 22.0 Å². The summed E-state index contributed by atoms with van der Waals surface area (Å²) in [5.41, 5.74) is -0.0266. The summed E-state index contributed by atoms with van der Waals surface area (Å²) in [4.78, 5) is 22.4. The highest BCUT2D eigenvalue weighted by molar-refractivity contribution is 8.25. The van der Waals surface area contributed by atoms with Crippen molar-refractivity contribution < 1.29 is 14.3 Å². The van der Waals surface area contributed by atoms with Crippen molar-refractivity contribution in [3.63, 3.8) is 0 Å². The van der Waals surface area contributed by atoms with Gasteiger partial charge in [-0.1, -0.05) is 11.7 Å². The summed E-state index contributed by atoms with van der Waals surface area (Å²) >= 11 is 4.48. The number of likely N-dealkylation sites (N-methyl/N-ethyl adjacent to an activating group) is 1. The van der Waals surface area contributed by atoms with Crippen molar-refractivity contribution in [2.45, 2.75) is 41.0 Å². The zero-order valence-electron chi connectivity index (χ0n) is 21.4. The number of ether oxygens (including phenoxy) is 2. The van der Waals surface area contributed by atoms with Crippen LogP contribution < -0.4 is 5.32 Å². The molecule has 8 nitrogen and oxygen atoms in total. The number of piperazine rings is 1. The summed E-state index contributed by atoms with van der Waals surface area (Å²) in [6, 6.07) is 8.13. The van der Waals surface area contributed by atoms with Crippen LogP contribution in [0.3, 0.4) is 0 Å². The van der Waals surface area contributed by atoms with Gasteiger partial charge in [0.05, 0.1) is 36.9 Å². The summed E-state index contributed by atoms with van der Waals surface area (Å²) < 4.78 is 14.8. The monoisotopic (exact) mass is 533 g/mol. The number of aromatic nitrogens is 1. The molecule has 5 rings (SSSR count). The molecule has 1 unspecified atom stereocenters. The van der Waals surface area contributed by atoms with Crippen molar-refractivity contribution in [1.82, 2.24) is 24.4 Å². The molecule has 10 heteroatoms. The number of hydrogen-bond acceptors (Lipinski definition) is 7. The Bertz CT molecular complexity index is 1220. The van der Waals surface area contributed by atoms with Crippen molar-refractivity contribution >= 4 is 50.6 Å². The highest BCUT2D eigenvalue weighted by Crippen LogP contribution is 2.47. The average molecular weight is 534 g/mol. The van der Waals surface area contributed by atoms with Crippen LogP contribution in [0.5, 0.6) is 0 Å². The standard InChI is InChI=1S/C26H39N5O3S2/c1-5-33-13-12-29(2)18-26-19-30(16-24(32)31(26)17-25(34-26)8-10-27-11-9-25)36(3,4)23-15-20-14-21(35)6-7-22(20)28-23/h6-7,14-15,27-28,35H,3-5,8-13,16-19H2,1-2H3. The highest BCUT2D eigenvalue weighted by atomic mass is 32.2. The van der Waals surface area contributed by atoms with E-state index in [1.807, 2.05) is 30.0 Å². The van der Waals surface area contributed by atoms with Crippen molar-refractivity contribution in [1.29, 1.82) is 0 Å². The number of carbonyl (C=O) groups excluding carboxylic acids is 1. The molecule has 3 fully saturated rings. The van der Waals surface area contributed by atoms with E-state index < -0.39 is 15.1 Å². The third-order valence-corrected chi connectivity index (χ3v) is 10.3. The maximum atomic E-state index is 13.7. The highest BCUT2D eigenvalue weighted by Gasteiger charge is 2.59. The van der Waals surface area contributed by atoms with Crippen LogP contribution in [-0.4, -0.2) is 114 Å². The lowest BCUT2D eigenvalue weighted by Gasteiger charge is -2.48. The fraction of sp³-hybridized carbons (Fsp3) is 0.577. The van der Waals surface area contributed by atoms with Gasteiger partial charge in [0.15, 0.2) is 5.72 Å². The first-order chi connectivity index (χ1) is 17.2. The number of benzene rings is 1. The second-order valence-corrected chi connectivity index (χ2v) is 13.6. The molecule has 1 aromatic carbocycles.